The van der Waals surface area contributed by atoms with E-state index < -0.39 is 0 Å². The predicted molar refractivity (Wildman–Crippen MR) is 64.6 cm³/mol. The van der Waals surface area contributed by atoms with E-state index in [1.54, 1.807) is 6.20 Å². The molecule has 0 aromatic carbocycles. The molecule has 0 spiro atoms. The summed E-state index contributed by atoms with van der Waals surface area (Å²) in [5.41, 5.74) is 0.376. The van der Waals surface area contributed by atoms with E-state index in [2.05, 4.69) is 27.1 Å². The van der Waals surface area contributed by atoms with E-state index in [4.69, 9.17) is 0 Å². The number of hydrogen-bond donors (Lipinski definition) is 1. The fraction of sp³-hybridized carbons (Fsp3) is 0.583. The summed E-state index contributed by atoms with van der Waals surface area (Å²) in [4.78, 5) is 22.0. The molecule has 2 rings (SSSR count). The van der Waals surface area contributed by atoms with E-state index >= 15 is 0 Å². The van der Waals surface area contributed by atoms with E-state index in [0.29, 0.717) is 18.3 Å². The lowest BCUT2D eigenvalue weighted by Crippen LogP contribution is -2.40. The largest absolute Gasteiger partial charge is 0.349 e. The molecule has 1 N–H and O–H groups in total. The number of likely N-dealkylation sites (tertiary alicyclic amines) is 1. The van der Waals surface area contributed by atoms with E-state index in [9.17, 15) is 4.79 Å². The van der Waals surface area contributed by atoms with Crippen LogP contribution in [0.25, 0.3) is 0 Å². The first kappa shape index (κ1) is 12.0. The second kappa shape index (κ2) is 5.72. The van der Waals surface area contributed by atoms with Crippen molar-refractivity contribution in [1.29, 1.82) is 0 Å². The van der Waals surface area contributed by atoms with Gasteiger partial charge in [0.05, 0.1) is 6.20 Å². The van der Waals surface area contributed by atoms with Crippen LogP contribution in [-0.2, 0) is 0 Å². The molecule has 0 radical (unpaired) electrons. The molecule has 1 unspecified atom stereocenters. The van der Waals surface area contributed by atoms with Crippen molar-refractivity contribution < 1.29 is 4.79 Å². The second-order valence-corrected chi connectivity index (χ2v) is 4.39. The molecule has 1 saturated heterocycles. The van der Waals surface area contributed by atoms with Gasteiger partial charge in [0.1, 0.15) is 5.69 Å². The minimum atomic E-state index is -0.149. The number of nitrogens with one attached hydrogen (secondary N) is 1. The van der Waals surface area contributed by atoms with Gasteiger partial charge in [-0.15, -0.1) is 0 Å². The van der Waals surface area contributed by atoms with E-state index in [1.165, 1.54) is 25.2 Å². The number of nitrogens with zero attached hydrogens (tertiary/aromatic N) is 3. The zero-order valence-corrected chi connectivity index (χ0v) is 10.1. The Labute approximate surface area is 101 Å². The van der Waals surface area contributed by atoms with Gasteiger partial charge in [0.2, 0.25) is 0 Å². The first-order valence-corrected chi connectivity index (χ1v) is 6.05. The highest BCUT2D eigenvalue weighted by atomic mass is 16.1. The fourth-order valence-electron chi connectivity index (χ4n) is 2.06. The van der Waals surface area contributed by atoms with Crippen LogP contribution in [0.1, 0.15) is 30.3 Å². The van der Waals surface area contributed by atoms with Gasteiger partial charge >= 0.3 is 0 Å². The van der Waals surface area contributed by atoms with Crippen molar-refractivity contribution in [1.82, 2.24) is 20.2 Å². The van der Waals surface area contributed by atoms with Crippen LogP contribution < -0.4 is 5.32 Å². The van der Waals surface area contributed by atoms with Gasteiger partial charge in [-0.2, -0.15) is 0 Å². The molecule has 1 fully saturated rings. The molecule has 0 saturated carbocycles. The fourth-order valence-corrected chi connectivity index (χ4v) is 2.06. The summed E-state index contributed by atoms with van der Waals surface area (Å²) < 4.78 is 0. The van der Waals surface area contributed by atoms with Crippen LogP contribution in [0.15, 0.2) is 18.6 Å². The monoisotopic (exact) mass is 234 g/mol. The van der Waals surface area contributed by atoms with Gasteiger partial charge in [-0.1, -0.05) is 0 Å². The zero-order chi connectivity index (χ0) is 12.1. The molecule has 1 amide bonds. The normalized spacial score (nSPS) is 17.9. The van der Waals surface area contributed by atoms with Gasteiger partial charge < -0.3 is 5.32 Å². The molecule has 1 aromatic heterocycles. The molecular formula is C12H18N4O. The van der Waals surface area contributed by atoms with Gasteiger partial charge in [-0.3, -0.25) is 14.7 Å². The van der Waals surface area contributed by atoms with E-state index in [1.807, 2.05) is 0 Å². The average Bonchev–Trinajstić information content (AvgIpc) is 2.90. The Morgan fingerprint density at radius 1 is 1.47 bits per heavy atom. The van der Waals surface area contributed by atoms with Crippen molar-refractivity contribution in [3.05, 3.63) is 24.3 Å². The summed E-state index contributed by atoms with van der Waals surface area (Å²) >= 11 is 0. The minimum absolute atomic E-state index is 0.149. The van der Waals surface area contributed by atoms with Crippen LogP contribution in [0.4, 0.5) is 0 Å². The Balaban J connectivity index is 1.80. The highest BCUT2D eigenvalue weighted by Gasteiger charge is 2.18. The summed E-state index contributed by atoms with van der Waals surface area (Å²) in [5.74, 6) is -0.149. The van der Waals surface area contributed by atoms with Crippen LogP contribution in [-0.4, -0.2) is 46.5 Å². The van der Waals surface area contributed by atoms with Crippen LogP contribution >= 0.6 is 0 Å². The SMILES string of the molecule is CC(CNC(=O)c1cnccn1)N1CCCC1. The third-order valence-corrected chi connectivity index (χ3v) is 3.12. The van der Waals surface area contributed by atoms with Gasteiger partial charge in [0.25, 0.3) is 5.91 Å². The lowest BCUT2D eigenvalue weighted by molar-refractivity contribution is 0.0935. The number of carbonyl (C=O) groups is 1. The number of carbonyl (C=O) groups excluding carboxylic acids is 1. The molecule has 0 bridgehead atoms. The first-order chi connectivity index (χ1) is 8.27. The molecule has 1 aromatic rings. The molecule has 92 valence electrons. The maximum atomic E-state index is 11.7. The topological polar surface area (TPSA) is 58.1 Å². The second-order valence-electron chi connectivity index (χ2n) is 4.39. The van der Waals surface area contributed by atoms with Crippen LogP contribution in [0.5, 0.6) is 0 Å². The Kier molecular flexibility index (Phi) is 4.03. The Bertz CT molecular complexity index is 362. The predicted octanol–water partition coefficient (Wildman–Crippen LogP) is 0.691. The molecule has 17 heavy (non-hydrogen) atoms. The summed E-state index contributed by atoms with van der Waals surface area (Å²) in [6, 6.07) is 0.387. The molecule has 2 heterocycles. The molecular weight excluding hydrogens is 216 g/mol. The Morgan fingerprint density at radius 2 is 2.24 bits per heavy atom. The number of amides is 1. The molecule has 1 aliphatic rings. The molecule has 5 nitrogen and oxygen atoms in total. The standard InChI is InChI=1S/C12H18N4O/c1-10(16-6-2-3-7-16)8-15-12(17)11-9-13-4-5-14-11/h4-5,9-10H,2-3,6-8H2,1H3,(H,15,17). The molecule has 5 heteroatoms. The third kappa shape index (κ3) is 3.23. The zero-order valence-electron chi connectivity index (χ0n) is 10.1. The molecule has 1 aliphatic heterocycles. The van der Waals surface area contributed by atoms with Crippen molar-refractivity contribution in [2.24, 2.45) is 0 Å². The summed E-state index contributed by atoms with van der Waals surface area (Å²) in [6.45, 7) is 5.09. The van der Waals surface area contributed by atoms with Crippen LogP contribution in [0.3, 0.4) is 0 Å². The number of aromatic nitrogens is 2. The summed E-state index contributed by atoms with van der Waals surface area (Å²) in [6.07, 6.45) is 7.10. The third-order valence-electron chi connectivity index (χ3n) is 3.12. The lowest BCUT2D eigenvalue weighted by Gasteiger charge is -2.23. The summed E-state index contributed by atoms with van der Waals surface area (Å²) in [7, 11) is 0. The van der Waals surface area contributed by atoms with Gasteiger partial charge in [0, 0.05) is 25.0 Å². The summed E-state index contributed by atoms with van der Waals surface area (Å²) in [5, 5.41) is 2.89. The smallest absolute Gasteiger partial charge is 0.271 e. The van der Waals surface area contributed by atoms with Crippen LogP contribution in [0, 0.1) is 0 Å². The highest BCUT2D eigenvalue weighted by Crippen LogP contribution is 2.10. The van der Waals surface area contributed by atoms with Crippen molar-refractivity contribution in [2.75, 3.05) is 19.6 Å². The first-order valence-electron chi connectivity index (χ1n) is 6.05. The average molecular weight is 234 g/mol. The van der Waals surface area contributed by atoms with Gasteiger partial charge in [-0.25, -0.2) is 4.98 Å². The number of hydrogen-bond acceptors (Lipinski definition) is 4. The van der Waals surface area contributed by atoms with E-state index in [0.717, 1.165) is 13.1 Å². The van der Waals surface area contributed by atoms with Crippen LogP contribution in [0.2, 0.25) is 0 Å². The molecule has 1 atom stereocenters. The van der Waals surface area contributed by atoms with Crippen molar-refractivity contribution in [2.45, 2.75) is 25.8 Å². The Morgan fingerprint density at radius 3 is 2.88 bits per heavy atom. The molecule has 0 aliphatic carbocycles. The van der Waals surface area contributed by atoms with Crippen molar-refractivity contribution in [3.8, 4) is 0 Å². The van der Waals surface area contributed by atoms with Crippen molar-refractivity contribution in [3.63, 3.8) is 0 Å². The highest BCUT2D eigenvalue weighted by molar-refractivity contribution is 5.91. The van der Waals surface area contributed by atoms with Gasteiger partial charge in [0.15, 0.2) is 0 Å². The minimum Gasteiger partial charge on any atom is -0.349 e. The quantitative estimate of drug-likeness (QED) is 0.832. The van der Waals surface area contributed by atoms with Gasteiger partial charge in [-0.05, 0) is 32.9 Å². The number of rotatable bonds is 4. The maximum Gasteiger partial charge on any atom is 0.271 e. The van der Waals surface area contributed by atoms with Crippen molar-refractivity contribution >= 4 is 5.91 Å². The lowest BCUT2D eigenvalue weighted by atomic mass is 10.3. The maximum absolute atomic E-state index is 11.7. The Hall–Kier alpha value is -1.49. The van der Waals surface area contributed by atoms with E-state index in [-0.39, 0.29) is 5.91 Å².